The normalized spacial score (nSPS) is 28.3. The summed E-state index contributed by atoms with van der Waals surface area (Å²) in [4.78, 5) is 13.6. The van der Waals surface area contributed by atoms with Crippen LogP contribution in [0.1, 0.15) is 26.2 Å². The van der Waals surface area contributed by atoms with Crippen LogP contribution in [0.2, 0.25) is 0 Å². The molecule has 0 spiro atoms. The smallest absolute Gasteiger partial charge is 0.220 e. The number of likely N-dealkylation sites (tertiary alicyclic amines) is 1. The number of carbonyl (C=O) groups excluding carboxylic acids is 1. The van der Waals surface area contributed by atoms with Crippen molar-refractivity contribution < 1.29 is 9.53 Å². The van der Waals surface area contributed by atoms with E-state index in [1.165, 1.54) is 0 Å². The third-order valence-electron chi connectivity index (χ3n) is 3.90. The second-order valence-electron chi connectivity index (χ2n) is 5.51. The maximum absolute atomic E-state index is 11.4. The van der Waals surface area contributed by atoms with E-state index in [4.69, 9.17) is 17.0 Å². The molecule has 1 amide bonds. The van der Waals surface area contributed by atoms with E-state index in [0.29, 0.717) is 25.0 Å². The lowest BCUT2D eigenvalue weighted by atomic mass is 9.85. The van der Waals surface area contributed by atoms with Crippen molar-refractivity contribution in [1.29, 1.82) is 0 Å². The molecule has 2 fully saturated rings. The molecule has 5 nitrogen and oxygen atoms in total. The number of ether oxygens (including phenoxy) is 1. The fraction of sp³-hybridized carbons (Fsp3) is 0.846. The molecule has 0 aliphatic carbocycles. The van der Waals surface area contributed by atoms with E-state index >= 15 is 0 Å². The number of nitrogens with one attached hydrogen (secondary N) is 2. The molecule has 108 valence electrons. The van der Waals surface area contributed by atoms with Crippen LogP contribution >= 0.6 is 12.2 Å². The molecule has 2 N–H and O–H groups in total. The fourth-order valence-corrected chi connectivity index (χ4v) is 3.26. The van der Waals surface area contributed by atoms with Gasteiger partial charge in [0, 0.05) is 38.7 Å². The summed E-state index contributed by atoms with van der Waals surface area (Å²) in [6, 6.07) is 0.568. The Kier molecular flexibility index (Phi) is 4.99. The van der Waals surface area contributed by atoms with E-state index in [2.05, 4.69) is 22.5 Å². The fourth-order valence-electron chi connectivity index (χ4n) is 2.89. The lowest BCUT2D eigenvalue weighted by molar-refractivity contribution is -0.125. The average Bonchev–Trinajstić information content (AvgIpc) is 2.38. The van der Waals surface area contributed by atoms with Crippen LogP contribution in [-0.4, -0.2) is 54.8 Å². The molecule has 0 aromatic rings. The maximum atomic E-state index is 11.4. The SMILES string of the molecule is COCC(C)NC(=S)N1CCC2NC(=O)CCC2C1. The van der Waals surface area contributed by atoms with E-state index in [0.717, 1.165) is 31.0 Å². The number of thiocarbonyl (C=S) groups is 1. The highest BCUT2D eigenvalue weighted by molar-refractivity contribution is 7.80. The van der Waals surface area contributed by atoms with Crippen LogP contribution in [0, 0.1) is 5.92 Å². The first-order valence-electron chi connectivity index (χ1n) is 6.94. The van der Waals surface area contributed by atoms with Crippen LogP contribution in [0.3, 0.4) is 0 Å². The molecule has 0 bridgehead atoms. The van der Waals surface area contributed by atoms with Crippen molar-refractivity contribution in [3.8, 4) is 0 Å². The Balaban J connectivity index is 1.83. The molecule has 2 aliphatic rings. The molecule has 0 radical (unpaired) electrons. The summed E-state index contributed by atoms with van der Waals surface area (Å²) in [5.41, 5.74) is 0. The Morgan fingerprint density at radius 1 is 1.63 bits per heavy atom. The number of piperidine rings is 2. The molecule has 0 aromatic carbocycles. The molecule has 0 saturated carbocycles. The van der Waals surface area contributed by atoms with E-state index in [9.17, 15) is 4.79 Å². The van der Waals surface area contributed by atoms with Crippen molar-refractivity contribution in [2.24, 2.45) is 5.92 Å². The van der Waals surface area contributed by atoms with Gasteiger partial charge in [-0.25, -0.2) is 0 Å². The van der Waals surface area contributed by atoms with Gasteiger partial charge in [0.15, 0.2) is 5.11 Å². The molecule has 19 heavy (non-hydrogen) atoms. The molecular weight excluding hydrogens is 262 g/mol. The highest BCUT2D eigenvalue weighted by atomic mass is 32.1. The Bertz CT molecular complexity index is 351. The van der Waals surface area contributed by atoms with Gasteiger partial charge in [0.25, 0.3) is 0 Å². The number of nitrogens with zero attached hydrogens (tertiary/aromatic N) is 1. The molecule has 3 atom stereocenters. The van der Waals surface area contributed by atoms with Crippen molar-refractivity contribution in [2.75, 3.05) is 26.8 Å². The quantitative estimate of drug-likeness (QED) is 0.740. The summed E-state index contributed by atoms with van der Waals surface area (Å²) in [6.07, 6.45) is 2.61. The van der Waals surface area contributed by atoms with E-state index in [-0.39, 0.29) is 11.9 Å². The predicted octanol–water partition coefficient (Wildman–Crippen LogP) is 0.496. The molecule has 6 heteroatoms. The molecule has 2 aliphatic heterocycles. The summed E-state index contributed by atoms with van der Waals surface area (Å²) in [5.74, 6) is 0.730. The summed E-state index contributed by atoms with van der Waals surface area (Å²) in [5, 5.41) is 7.19. The minimum atomic E-state index is 0.198. The number of hydrogen-bond donors (Lipinski definition) is 2. The van der Waals surface area contributed by atoms with Crippen LogP contribution in [0.15, 0.2) is 0 Å². The van der Waals surface area contributed by atoms with Gasteiger partial charge in [-0.15, -0.1) is 0 Å². The van der Waals surface area contributed by atoms with Gasteiger partial charge in [-0.2, -0.15) is 0 Å². The number of fused-ring (bicyclic) bond motifs is 1. The predicted molar refractivity (Wildman–Crippen MR) is 77.9 cm³/mol. The highest BCUT2D eigenvalue weighted by Gasteiger charge is 2.34. The van der Waals surface area contributed by atoms with Crippen molar-refractivity contribution in [2.45, 2.75) is 38.3 Å². The molecular formula is C13H23N3O2S. The van der Waals surface area contributed by atoms with E-state index in [1.54, 1.807) is 7.11 Å². The number of amides is 1. The number of carbonyl (C=O) groups is 1. The van der Waals surface area contributed by atoms with E-state index in [1.807, 2.05) is 0 Å². The Hall–Kier alpha value is -0.880. The molecule has 2 rings (SSSR count). The molecule has 3 unspecified atom stereocenters. The third kappa shape index (κ3) is 3.79. The minimum Gasteiger partial charge on any atom is -0.383 e. The average molecular weight is 285 g/mol. The van der Waals surface area contributed by atoms with Crippen LogP contribution in [0.5, 0.6) is 0 Å². The van der Waals surface area contributed by atoms with Gasteiger partial charge in [0.1, 0.15) is 0 Å². The first-order valence-corrected chi connectivity index (χ1v) is 7.34. The monoisotopic (exact) mass is 285 g/mol. The van der Waals surface area contributed by atoms with Gasteiger partial charge < -0.3 is 20.3 Å². The van der Waals surface area contributed by atoms with Crippen molar-refractivity contribution in [1.82, 2.24) is 15.5 Å². The van der Waals surface area contributed by atoms with Gasteiger partial charge in [0.2, 0.25) is 5.91 Å². The second kappa shape index (κ2) is 6.52. The van der Waals surface area contributed by atoms with Crippen LogP contribution in [-0.2, 0) is 9.53 Å². The van der Waals surface area contributed by atoms with Gasteiger partial charge in [-0.3, -0.25) is 4.79 Å². The van der Waals surface area contributed by atoms with Crippen LogP contribution < -0.4 is 10.6 Å². The van der Waals surface area contributed by atoms with Crippen molar-refractivity contribution in [3.05, 3.63) is 0 Å². The summed E-state index contributed by atoms with van der Waals surface area (Å²) in [6.45, 7) is 4.56. The lowest BCUT2D eigenvalue weighted by Gasteiger charge is -2.42. The largest absolute Gasteiger partial charge is 0.383 e. The Morgan fingerprint density at radius 2 is 2.42 bits per heavy atom. The first kappa shape index (κ1) is 14.5. The summed E-state index contributed by atoms with van der Waals surface area (Å²) < 4.78 is 5.10. The third-order valence-corrected chi connectivity index (χ3v) is 4.27. The number of hydrogen-bond acceptors (Lipinski definition) is 3. The van der Waals surface area contributed by atoms with Crippen molar-refractivity contribution in [3.63, 3.8) is 0 Å². The van der Waals surface area contributed by atoms with Crippen LogP contribution in [0.4, 0.5) is 0 Å². The van der Waals surface area contributed by atoms with Crippen molar-refractivity contribution >= 4 is 23.2 Å². The summed E-state index contributed by atoms with van der Waals surface area (Å²) in [7, 11) is 1.69. The summed E-state index contributed by atoms with van der Waals surface area (Å²) >= 11 is 5.45. The van der Waals surface area contributed by atoms with Gasteiger partial charge in [0.05, 0.1) is 6.61 Å². The Morgan fingerprint density at radius 3 is 3.16 bits per heavy atom. The maximum Gasteiger partial charge on any atom is 0.220 e. The van der Waals surface area contributed by atoms with Gasteiger partial charge in [-0.1, -0.05) is 0 Å². The first-order chi connectivity index (χ1) is 9.10. The molecule has 2 saturated heterocycles. The lowest BCUT2D eigenvalue weighted by Crippen LogP contribution is -2.57. The zero-order chi connectivity index (χ0) is 13.8. The van der Waals surface area contributed by atoms with Gasteiger partial charge >= 0.3 is 0 Å². The number of rotatable bonds is 3. The highest BCUT2D eigenvalue weighted by Crippen LogP contribution is 2.25. The van der Waals surface area contributed by atoms with Gasteiger partial charge in [-0.05, 0) is 37.9 Å². The zero-order valence-electron chi connectivity index (χ0n) is 11.6. The second-order valence-corrected chi connectivity index (χ2v) is 5.90. The molecule has 0 aromatic heterocycles. The molecule has 2 heterocycles. The standard InChI is InChI=1S/C13H23N3O2S/c1-9(8-18-2)14-13(19)16-6-5-11-10(7-16)3-4-12(17)15-11/h9-11H,3-8H2,1-2H3,(H,14,19)(H,15,17). The van der Waals surface area contributed by atoms with Crippen LogP contribution in [0.25, 0.3) is 0 Å². The topological polar surface area (TPSA) is 53.6 Å². The minimum absolute atomic E-state index is 0.198. The zero-order valence-corrected chi connectivity index (χ0v) is 12.5. The number of methoxy groups -OCH3 is 1. The van der Waals surface area contributed by atoms with E-state index < -0.39 is 0 Å². The Labute approximate surface area is 120 Å².